The molecule has 2 aromatic rings. The molecule has 20 heavy (non-hydrogen) atoms. The minimum absolute atomic E-state index is 0.128. The fraction of sp³-hybridized carbons (Fsp3) is 0.214. The van der Waals surface area contributed by atoms with Crippen LogP contribution in [0.2, 0.25) is 0 Å². The zero-order valence-corrected chi connectivity index (χ0v) is 12.2. The molecule has 2 rings (SSSR count). The lowest BCUT2D eigenvalue weighted by molar-refractivity contribution is -0.115. The summed E-state index contributed by atoms with van der Waals surface area (Å²) in [6.45, 7) is 1.99. The van der Waals surface area contributed by atoms with Crippen LogP contribution in [0.25, 0.3) is 0 Å². The number of nitrogens with two attached hydrogens (primary N) is 1. The number of aromatic nitrogens is 2. The monoisotopic (exact) mass is 288 g/mol. The Hall–Kier alpha value is -2.21. The first kappa shape index (κ1) is 14.2. The van der Waals surface area contributed by atoms with Gasteiger partial charge in [-0.3, -0.25) is 9.48 Å². The number of anilines is 1. The molecule has 0 radical (unpaired) electrons. The van der Waals surface area contributed by atoms with Crippen LogP contribution < -0.4 is 11.1 Å². The maximum atomic E-state index is 12.1. The number of amides is 1. The number of benzene rings is 1. The third-order valence-corrected chi connectivity index (χ3v) is 3.13. The molecule has 0 aliphatic rings. The van der Waals surface area contributed by atoms with Gasteiger partial charge in [0.1, 0.15) is 10.8 Å². The van der Waals surface area contributed by atoms with Gasteiger partial charge in [0, 0.05) is 7.05 Å². The molecular formula is C14H16N4OS. The Labute approximate surface area is 122 Å². The van der Waals surface area contributed by atoms with Gasteiger partial charge in [-0.2, -0.15) is 5.10 Å². The van der Waals surface area contributed by atoms with Gasteiger partial charge < -0.3 is 11.1 Å². The summed E-state index contributed by atoms with van der Waals surface area (Å²) in [5.74, 6) is 0.395. The van der Waals surface area contributed by atoms with Crippen molar-refractivity contribution in [1.29, 1.82) is 0 Å². The summed E-state index contributed by atoms with van der Waals surface area (Å²) in [5.41, 5.74) is 8.26. The van der Waals surface area contributed by atoms with Crippen molar-refractivity contribution in [3.05, 3.63) is 47.2 Å². The maximum absolute atomic E-state index is 12.1. The van der Waals surface area contributed by atoms with E-state index in [1.165, 1.54) is 0 Å². The summed E-state index contributed by atoms with van der Waals surface area (Å²) in [6.07, 6.45) is 1.84. The highest BCUT2D eigenvalue weighted by molar-refractivity contribution is 7.80. The normalized spacial score (nSPS) is 10.3. The van der Waals surface area contributed by atoms with Crippen LogP contribution in [0.5, 0.6) is 0 Å². The Morgan fingerprint density at radius 3 is 2.90 bits per heavy atom. The molecule has 104 valence electrons. The molecule has 0 spiro atoms. The maximum Gasteiger partial charge on any atom is 0.229 e. The number of thiocarbonyl (C=S) groups is 1. The van der Waals surface area contributed by atoms with Gasteiger partial charge in [0.2, 0.25) is 5.91 Å². The average molecular weight is 288 g/mol. The largest absolute Gasteiger partial charge is 0.389 e. The fourth-order valence-corrected chi connectivity index (χ4v) is 2.10. The predicted molar refractivity (Wildman–Crippen MR) is 82.6 cm³/mol. The fourth-order valence-electron chi connectivity index (χ4n) is 1.95. The van der Waals surface area contributed by atoms with Crippen molar-refractivity contribution >= 4 is 28.9 Å². The highest BCUT2D eigenvalue weighted by atomic mass is 32.1. The first-order valence-corrected chi connectivity index (χ1v) is 6.55. The third kappa shape index (κ3) is 3.21. The molecule has 1 amide bonds. The van der Waals surface area contributed by atoms with E-state index in [2.05, 4.69) is 10.4 Å². The molecule has 0 fully saturated rings. The summed E-state index contributed by atoms with van der Waals surface area (Å²) >= 11 is 4.94. The van der Waals surface area contributed by atoms with Crippen molar-refractivity contribution in [2.45, 2.75) is 13.3 Å². The summed E-state index contributed by atoms with van der Waals surface area (Å²) in [7, 11) is 1.73. The molecule has 6 heteroatoms. The van der Waals surface area contributed by atoms with E-state index >= 15 is 0 Å². The Balaban J connectivity index is 2.12. The molecular weight excluding hydrogens is 272 g/mol. The minimum atomic E-state index is -0.128. The lowest BCUT2D eigenvalue weighted by Gasteiger charge is -2.08. The van der Waals surface area contributed by atoms with E-state index in [0.717, 1.165) is 11.1 Å². The first-order valence-electron chi connectivity index (χ1n) is 6.14. The number of carbonyl (C=O) groups is 1. The smallest absolute Gasteiger partial charge is 0.229 e. The van der Waals surface area contributed by atoms with Crippen molar-refractivity contribution in [2.75, 3.05) is 5.32 Å². The van der Waals surface area contributed by atoms with Gasteiger partial charge in [-0.25, -0.2) is 0 Å². The van der Waals surface area contributed by atoms with E-state index in [-0.39, 0.29) is 10.9 Å². The van der Waals surface area contributed by atoms with Gasteiger partial charge in [-0.1, -0.05) is 42.0 Å². The summed E-state index contributed by atoms with van der Waals surface area (Å²) in [6, 6.07) is 7.83. The highest BCUT2D eigenvalue weighted by Crippen LogP contribution is 2.14. The molecule has 0 unspecified atom stereocenters. The number of rotatable bonds is 4. The van der Waals surface area contributed by atoms with Gasteiger partial charge in [-0.05, 0) is 12.5 Å². The number of hydrogen-bond donors (Lipinski definition) is 2. The van der Waals surface area contributed by atoms with Crippen LogP contribution in [0.4, 0.5) is 5.82 Å². The van der Waals surface area contributed by atoms with Crippen LogP contribution in [0, 0.1) is 6.92 Å². The molecule has 0 saturated carbocycles. The van der Waals surface area contributed by atoms with Crippen LogP contribution in [-0.4, -0.2) is 20.7 Å². The van der Waals surface area contributed by atoms with Crippen molar-refractivity contribution in [2.24, 2.45) is 12.8 Å². The van der Waals surface area contributed by atoms with Gasteiger partial charge >= 0.3 is 0 Å². The van der Waals surface area contributed by atoms with Crippen molar-refractivity contribution in [1.82, 2.24) is 9.78 Å². The number of nitrogens with one attached hydrogen (secondary N) is 1. The molecule has 0 aliphatic carbocycles. The van der Waals surface area contributed by atoms with Gasteiger partial charge in [-0.15, -0.1) is 0 Å². The highest BCUT2D eigenvalue weighted by Gasteiger charge is 2.14. The first-order chi connectivity index (χ1) is 9.47. The summed E-state index contributed by atoms with van der Waals surface area (Å²) < 4.78 is 1.54. The van der Waals surface area contributed by atoms with E-state index in [1.807, 2.05) is 31.2 Å². The minimum Gasteiger partial charge on any atom is -0.389 e. The lowest BCUT2D eigenvalue weighted by atomic mass is 10.1. The van der Waals surface area contributed by atoms with E-state index in [0.29, 0.717) is 17.8 Å². The van der Waals surface area contributed by atoms with Gasteiger partial charge in [0.15, 0.2) is 0 Å². The molecule has 0 aliphatic heterocycles. The predicted octanol–water partition coefficient (Wildman–Crippen LogP) is 1.54. The average Bonchev–Trinajstić information content (AvgIpc) is 2.71. The molecule has 1 heterocycles. The Bertz CT molecular complexity index is 663. The Morgan fingerprint density at radius 1 is 1.50 bits per heavy atom. The Kier molecular flexibility index (Phi) is 4.14. The second-order valence-electron chi connectivity index (χ2n) is 4.61. The van der Waals surface area contributed by atoms with Crippen molar-refractivity contribution in [3.63, 3.8) is 0 Å². The van der Waals surface area contributed by atoms with E-state index < -0.39 is 0 Å². The third-order valence-electron chi connectivity index (χ3n) is 2.91. The van der Waals surface area contributed by atoms with Crippen LogP contribution in [0.3, 0.4) is 0 Å². The van der Waals surface area contributed by atoms with Crippen LogP contribution >= 0.6 is 12.2 Å². The van der Waals surface area contributed by atoms with Crippen LogP contribution in [0.1, 0.15) is 16.7 Å². The molecule has 1 aromatic heterocycles. The topological polar surface area (TPSA) is 72.9 Å². The number of carbonyl (C=O) groups excluding carboxylic acids is 1. The van der Waals surface area contributed by atoms with Gasteiger partial charge in [0.05, 0.1) is 18.2 Å². The SMILES string of the molecule is Cc1cccc(CC(=O)Nc2c(C(N)=S)cnn2C)c1. The molecule has 5 nitrogen and oxygen atoms in total. The zero-order valence-electron chi connectivity index (χ0n) is 11.4. The van der Waals surface area contributed by atoms with Crippen LogP contribution in [0.15, 0.2) is 30.5 Å². The molecule has 0 bridgehead atoms. The van der Waals surface area contributed by atoms with Crippen molar-refractivity contribution < 1.29 is 4.79 Å². The second-order valence-corrected chi connectivity index (χ2v) is 5.05. The molecule has 3 N–H and O–H groups in total. The quantitative estimate of drug-likeness (QED) is 0.837. The molecule has 1 aromatic carbocycles. The number of nitrogens with zero attached hydrogens (tertiary/aromatic N) is 2. The van der Waals surface area contributed by atoms with E-state index in [9.17, 15) is 4.79 Å². The number of aryl methyl sites for hydroxylation is 2. The molecule has 0 atom stereocenters. The summed E-state index contributed by atoms with van der Waals surface area (Å²) in [5, 5.41) is 6.85. The summed E-state index contributed by atoms with van der Waals surface area (Å²) in [4.78, 5) is 12.3. The lowest BCUT2D eigenvalue weighted by Crippen LogP contribution is -2.20. The van der Waals surface area contributed by atoms with Crippen LogP contribution in [-0.2, 0) is 18.3 Å². The second kappa shape index (κ2) is 5.83. The zero-order chi connectivity index (χ0) is 14.7. The van der Waals surface area contributed by atoms with Gasteiger partial charge in [0.25, 0.3) is 0 Å². The Morgan fingerprint density at radius 2 is 2.25 bits per heavy atom. The standard InChI is InChI=1S/C14H16N4OS/c1-9-4-3-5-10(6-9)7-12(19)17-14-11(13(15)20)8-16-18(14)2/h3-6,8H,7H2,1-2H3,(H2,15,20)(H,17,19). The number of hydrogen-bond acceptors (Lipinski definition) is 3. The van der Waals surface area contributed by atoms with Crippen molar-refractivity contribution in [3.8, 4) is 0 Å². The molecule has 0 saturated heterocycles. The van der Waals surface area contributed by atoms with E-state index in [4.69, 9.17) is 18.0 Å². The van der Waals surface area contributed by atoms with E-state index in [1.54, 1.807) is 17.9 Å².